The van der Waals surface area contributed by atoms with Crippen molar-refractivity contribution in [1.29, 1.82) is 0 Å². The zero-order valence-corrected chi connectivity index (χ0v) is 8.56. The molecular formula is C10H9F5N2. The first-order chi connectivity index (χ1) is 7.62. The lowest BCUT2D eigenvalue weighted by Crippen LogP contribution is -2.55. The Hall–Kier alpha value is -1.24. The molecule has 7 heteroatoms. The van der Waals surface area contributed by atoms with Crippen LogP contribution in [0.25, 0.3) is 0 Å². The second-order valence-electron chi connectivity index (χ2n) is 4.30. The molecule has 0 saturated heterocycles. The number of alkyl halides is 5. The Balaban J connectivity index is 2.20. The molecule has 0 aliphatic heterocycles. The molecule has 0 bridgehead atoms. The van der Waals surface area contributed by atoms with Crippen LogP contribution in [0.4, 0.5) is 22.0 Å². The summed E-state index contributed by atoms with van der Waals surface area (Å²) in [6.45, 7) is 0. The van der Waals surface area contributed by atoms with Crippen LogP contribution in [0.1, 0.15) is 24.1 Å². The van der Waals surface area contributed by atoms with E-state index in [-0.39, 0.29) is 5.69 Å². The van der Waals surface area contributed by atoms with Crippen LogP contribution < -0.4 is 5.73 Å². The molecule has 1 aliphatic carbocycles. The first-order valence-electron chi connectivity index (χ1n) is 4.83. The zero-order chi connectivity index (χ0) is 12.9. The minimum absolute atomic E-state index is 0.0661. The Bertz CT molecular complexity index is 415. The van der Waals surface area contributed by atoms with Crippen LogP contribution in [0.15, 0.2) is 18.3 Å². The van der Waals surface area contributed by atoms with E-state index in [0.717, 1.165) is 12.1 Å². The molecule has 17 heavy (non-hydrogen) atoms. The van der Waals surface area contributed by atoms with Crippen LogP contribution >= 0.6 is 0 Å². The van der Waals surface area contributed by atoms with Crippen LogP contribution in [0, 0.1) is 0 Å². The van der Waals surface area contributed by atoms with Gasteiger partial charge in [0.25, 0.3) is 5.92 Å². The van der Waals surface area contributed by atoms with Gasteiger partial charge in [0.1, 0.15) is 0 Å². The number of nitrogens with zero attached hydrogens (tertiary/aromatic N) is 1. The van der Waals surface area contributed by atoms with Gasteiger partial charge in [0.15, 0.2) is 0 Å². The van der Waals surface area contributed by atoms with Gasteiger partial charge in [-0.1, -0.05) is 0 Å². The van der Waals surface area contributed by atoms with Crippen LogP contribution in [-0.4, -0.2) is 10.9 Å². The molecule has 1 heterocycles. The second-order valence-corrected chi connectivity index (χ2v) is 4.30. The molecule has 2 rings (SSSR count). The maximum atomic E-state index is 12.7. The van der Waals surface area contributed by atoms with Crippen molar-refractivity contribution in [3.63, 3.8) is 0 Å². The van der Waals surface area contributed by atoms with Gasteiger partial charge in [-0.3, -0.25) is 4.98 Å². The maximum Gasteiger partial charge on any atom is 0.417 e. The Morgan fingerprint density at radius 2 is 1.76 bits per heavy atom. The third-order valence-electron chi connectivity index (χ3n) is 2.75. The van der Waals surface area contributed by atoms with Gasteiger partial charge in [0, 0.05) is 19.0 Å². The quantitative estimate of drug-likeness (QED) is 0.780. The summed E-state index contributed by atoms with van der Waals surface area (Å²) in [6.07, 6.45) is -5.05. The van der Waals surface area contributed by atoms with Crippen molar-refractivity contribution in [3.05, 3.63) is 29.6 Å². The van der Waals surface area contributed by atoms with E-state index in [1.165, 1.54) is 0 Å². The Morgan fingerprint density at radius 3 is 2.12 bits per heavy atom. The van der Waals surface area contributed by atoms with E-state index >= 15 is 0 Å². The maximum absolute atomic E-state index is 12.7. The van der Waals surface area contributed by atoms with Crippen LogP contribution in [0.2, 0.25) is 0 Å². The van der Waals surface area contributed by atoms with Crippen LogP contribution in [0.3, 0.4) is 0 Å². The highest BCUT2D eigenvalue weighted by molar-refractivity contribution is 5.25. The highest BCUT2D eigenvalue weighted by Crippen LogP contribution is 2.49. The fraction of sp³-hybridized carbons (Fsp3) is 0.500. The summed E-state index contributed by atoms with van der Waals surface area (Å²) < 4.78 is 62.1. The molecule has 0 unspecified atom stereocenters. The molecule has 0 atom stereocenters. The lowest BCUT2D eigenvalue weighted by molar-refractivity contribution is -0.138. The molecule has 2 N–H and O–H groups in total. The lowest BCUT2D eigenvalue weighted by atomic mass is 9.72. The standard InChI is InChI=1S/C10H9F5N2/c11-9(12)4-8(16,5-9)7-2-1-6(3-17-7)10(13,14)15/h1-3H,4-5,16H2. The lowest BCUT2D eigenvalue weighted by Gasteiger charge is -2.43. The molecule has 0 aromatic carbocycles. The summed E-state index contributed by atoms with van der Waals surface area (Å²) in [5.74, 6) is -2.85. The predicted molar refractivity (Wildman–Crippen MR) is 49.3 cm³/mol. The van der Waals surface area contributed by atoms with Crippen molar-refractivity contribution in [2.24, 2.45) is 5.73 Å². The van der Waals surface area contributed by atoms with Crippen molar-refractivity contribution in [1.82, 2.24) is 4.98 Å². The molecule has 1 aromatic rings. The highest BCUT2D eigenvalue weighted by atomic mass is 19.4. The van der Waals surface area contributed by atoms with E-state index in [2.05, 4.69) is 4.98 Å². The van der Waals surface area contributed by atoms with Crippen molar-refractivity contribution < 1.29 is 22.0 Å². The number of nitrogens with two attached hydrogens (primary N) is 1. The summed E-state index contributed by atoms with van der Waals surface area (Å²) in [5.41, 5.74) is 3.47. The molecular weight excluding hydrogens is 243 g/mol. The van der Waals surface area contributed by atoms with Crippen LogP contribution in [0.5, 0.6) is 0 Å². The van der Waals surface area contributed by atoms with E-state index in [1.54, 1.807) is 0 Å². The van der Waals surface area contributed by atoms with E-state index in [1.807, 2.05) is 0 Å². The van der Waals surface area contributed by atoms with Crippen LogP contribution in [-0.2, 0) is 11.7 Å². The van der Waals surface area contributed by atoms with Gasteiger partial charge in [-0.15, -0.1) is 0 Å². The summed E-state index contributed by atoms with van der Waals surface area (Å²) >= 11 is 0. The highest BCUT2D eigenvalue weighted by Gasteiger charge is 2.56. The first kappa shape index (κ1) is 12.2. The minimum Gasteiger partial charge on any atom is -0.320 e. The third kappa shape index (κ3) is 2.24. The number of aromatic nitrogens is 1. The average molecular weight is 252 g/mol. The van der Waals surface area contributed by atoms with Gasteiger partial charge < -0.3 is 5.73 Å². The largest absolute Gasteiger partial charge is 0.417 e. The second kappa shape index (κ2) is 3.38. The van der Waals surface area contributed by atoms with E-state index in [0.29, 0.717) is 6.20 Å². The van der Waals surface area contributed by atoms with Crippen molar-refractivity contribution >= 4 is 0 Å². The molecule has 2 nitrogen and oxygen atoms in total. The Kier molecular flexibility index (Phi) is 2.43. The SMILES string of the molecule is NC1(c2ccc(C(F)(F)F)cn2)CC(F)(F)C1. The molecule has 94 valence electrons. The van der Waals surface area contributed by atoms with Crippen molar-refractivity contribution in [3.8, 4) is 0 Å². The van der Waals surface area contributed by atoms with Crippen molar-refractivity contribution in [2.75, 3.05) is 0 Å². The van der Waals surface area contributed by atoms with Crippen molar-refractivity contribution in [2.45, 2.75) is 30.5 Å². The minimum atomic E-state index is -4.49. The van der Waals surface area contributed by atoms with E-state index in [4.69, 9.17) is 5.73 Å². The number of pyridine rings is 1. The monoisotopic (exact) mass is 252 g/mol. The normalized spacial score (nSPS) is 22.0. The molecule has 0 amide bonds. The Labute approximate surface area is 93.6 Å². The number of halogens is 5. The van der Waals surface area contributed by atoms with E-state index < -0.39 is 36.0 Å². The summed E-state index contributed by atoms with van der Waals surface area (Å²) in [5, 5.41) is 0. The zero-order valence-electron chi connectivity index (χ0n) is 8.56. The fourth-order valence-corrected chi connectivity index (χ4v) is 1.91. The number of hydrogen-bond acceptors (Lipinski definition) is 2. The number of hydrogen-bond donors (Lipinski definition) is 1. The van der Waals surface area contributed by atoms with Gasteiger partial charge >= 0.3 is 6.18 Å². The van der Waals surface area contributed by atoms with Gasteiger partial charge in [-0.2, -0.15) is 13.2 Å². The summed E-state index contributed by atoms with van der Waals surface area (Å²) in [6, 6.07) is 1.85. The molecule has 0 radical (unpaired) electrons. The molecule has 1 fully saturated rings. The molecule has 1 saturated carbocycles. The van der Waals surface area contributed by atoms with Gasteiger partial charge in [0.2, 0.25) is 0 Å². The van der Waals surface area contributed by atoms with Gasteiger partial charge in [0.05, 0.1) is 16.8 Å². The third-order valence-corrected chi connectivity index (χ3v) is 2.75. The Morgan fingerprint density at radius 1 is 1.18 bits per heavy atom. The summed E-state index contributed by atoms with van der Waals surface area (Å²) in [4.78, 5) is 3.53. The molecule has 0 spiro atoms. The van der Waals surface area contributed by atoms with Gasteiger partial charge in [-0.25, -0.2) is 8.78 Å². The smallest absolute Gasteiger partial charge is 0.320 e. The predicted octanol–water partition coefficient (Wildman–Crippen LogP) is 2.68. The number of rotatable bonds is 1. The molecule has 1 aliphatic rings. The summed E-state index contributed by atoms with van der Waals surface area (Å²) in [7, 11) is 0. The van der Waals surface area contributed by atoms with Gasteiger partial charge in [-0.05, 0) is 12.1 Å². The fourth-order valence-electron chi connectivity index (χ4n) is 1.91. The van der Waals surface area contributed by atoms with E-state index in [9.17, 15) is 22.0 Å². The molecule has 1 aromatic heterocycles. The first-order valence-corrected chi connectivity index (χ1v) is 4.83. The average Bonchev–Trinajstić information content (AvgIpc) is 2.13. The topological polar surface area (TPSA) is 38.9 Å².